The van der Waals surface area contributed by atoms with Crippen LogP contribution in [0.15, 0.2) is 24.3 Å². The summed E-state index contributed by atoms with van der Waals surface area (Å²) in [7, 11) is 0. The summed E-state index contributed by atoms with van der Waals surface area (Å²) in [5, 5.41) is 3.08. The molecule has 0 spiro atoms. The normalized spacial score (nSPS) is 11.3. The van der Waals surface area contributed by atoms with Gasteiger partial charge >= 0.3 is 0 Å². The highest BCUT2D eigenvalue weighted by atomic mass is 16.1. The van der Waals surface area contributed by atoms with E-state index in [0.29, 0.717) is 0 Å². The lowest BCUT2D eigenvalue weighted by Crippen LogP contribution is -2.31. The lowest BCUT2D eigenvalue weighted by atomic mass is 10.0. The molecule has 0 saturated heterocycles. The Bertz CT molecular complexity index is 643. The first-order valence-electron chi connectivity index (χ1n) is 9.43. The Morgan fingerprint density at radius 2 is 1.92 bits per heavy atom. The lowest BCUT2D eigenvalue weighted by Gasteiger charge is -2.13. The zero-order valence-electron chi connectivity index (χ0n) is 15.3. The Hall–Kier alpha value is -1.84. The number of unbranched alkanes of at least 4 members (excludes halogenated alkanes) is 1. The van der Waals surface area contributed by atoms with Crippen LogP contribution in [0.4, 0.5) is 0 Å². The van der Waals surface area contributed by atoms with Gasteiger partial charge in [-0.2, -0.15) is 0 Å². The molecule has 0 radical (unpaired) electrons. The molecule has 0 saturated carbocycles. The Balaban J connectivity index is 1.95. The van der Waals surface area contributed by atoms with Gasteiger partial charge in [0.2, 0.25) is 5.91 Å². The van der Waals surface area contributed by atoms with Crippen LogP contribution in [0.3, 0.4) is 0 Å². The first kappa shape index (κ1) is 18.5. The van der Waals surface area contributed by atoms with Gasteiger partial charge in [0.05, 0.1) is 11.0 Å². The zero-order valence-corrected chi connectivity index (χ0v) is 15.3. The number of nitrogens with one attached hydrogen (secondary N) is 1. The van der Waals surface area contributed by atoms with Gasteiger partial charge in [0.25, 0.3) is 0 Å². The van der Waals surface area contributed by atoms with Crippen LogP contribution in [0.25, 0.3) is 11.0 Å². The summed E-state index contributed by atoms with van der Waals surface area (Å²) in [6.45, 7) is 8.11. The summed E-state index contributed by atoms with van der Waals surface area (Å²) in [5.41, 5.74) is 2.30. The number of carbonyl (C=O) groups excluding carboxylic acids is 1. The van der Waals surface area contributed by atoms with Crippen molar-refractivity contribution >= 4 is 16.9 Å². The minimum Gasteiger partial charge on any atom is -0.356 e. The maximum absolute atomic E-state index is 12.0. The molecule has 0 aliphatic heterocycles. The number of carbonyl (C=O) groups is 1. The second-order valence-corrected chi connectivity index (χ2v) is 6.43. The summed E-state index contributed by atoms with van der Waals surface area (Å²) in [6.07, 6.45) is 6.00. The van der Waals surface area contributed by atoms with Crippen molar-refractivity contribution in [1.29, 1.82) is 0 Å². The molecule has 0 atom stereocenters. The lowest BCUT2D eigenvalue weighted by molar-refractivity contribution is -0.125. The second kappa shape index (κ2) is 9.45. The van der Waals surface area contributed by atoms with E-state index in [1.807, 2.05) is 6.07 Å². The first-order valence-corrected chi connectivity index (χ1v) is 9.43. The van der Waals surface area contributed by atoms with Gasteiger partial charge in [0.1, 0.15) is 5.82 Å². The van der Waals surface area contributed by atoms with Crippen molar-refractivity contribution in [2.75, 3.05) is 6.54 Å². The molecule has 1 amide bonds. The molecule has 24 heavy (non-hydrogen) atoms. The summed E-state index contributed by atoms with van der Waals surface area (Å²) >= 11 is 0. The van der Waals surface area contributed by atoms with Gasteiger partial charge in [-0.25, -0.2) is 4.98 Å². The third kappa shape index (κ3) is 4.59. The number of para-hydroxylation sites is 2. The first-order chi connectivity index (χ1) is 11.7. The number of benzene rings is 1. The van der Waals surface area contributed by atoms with Crippen molar-refractivity contribution in [3.05, 3.63) is 30.1 Å². The number of nitrogens with zero attached hydrogens (tertiary/aromatic N) is 2. The van der Waals surface area contributed by atoms with Gasteiger partial charge in [-0.05, 0) is 37.8 Å². The van der Waals surface area contributed by atoms with E-state index < -0.39 is 0 Å². The van der Waals surface area contributed by atoms with Crippen LogP contribution in [-0.4, -0.2) is 22.0 Å². The smallest absolute Gasteiger partial charge is 0.223 e. The number of rotatable bonds is 10. The largest absolute Gasteiger partial charge is 0.356 e. The number of fused-ring (bicyclic) bond motifs is 1. The number of aryl methyl sites for hydroxylation is 2. The Morgan fingerprint density at radius 3 is 2.62 bits per heavy atom. The van der Waals surface area contributed by atoms with Crippen molar-refractivity contribution in [2.24, 2.45) is 5.92 Å². The molecule has 0 fully saturated rings. The molecule has 1 heterocycles. The fourth-order valence-corrected chi connectivity index (χ4v) is 3.14. The zero-order chi connectivity index (χ0) is 17.4. The summed E-state index contributed by atoms with van der Waals surface area (Å²) in [6, 6.07) is 8.34. The number of amides is 1. The van der Waals surface area contributed by atoms with Crippen molar-refractivity contribution in [3.63, 3.8) is 0 Å². The van der Waals surface area contributed by atoms with Crippen molar-refractivity contribution in [3.8, 4) is 0 Å². The highest BCUT2D eigenvalue weighted by molar-refractivity contribution is 5.78. The second-order valence-electron chi connectivity index (χ2n) is 6.43. The van der Waals surface area contributed by atoms with Crippen molar-refractivity contribution < 1.29 is 4.79 Å². The molecule has 1 N–H and O–H groups in total. The third-order valence-electron chi connectivity index (χ3n) is 4.70. The molecule has 0 unspecified atom stereocenters. The summed E-state index contributed by atoms with van der Waals surface area (Å²) in [5.74, 6) is 1.49. The predicted molar refractivity (Wildman–Crippen MR) is 100 cm³/mol. The standard InChI is InChI=1S/C20H31N3O/c1-4-7-15-23-18-12-9-8-11-17(18)22-19(23)13-10-14-21-20(24)16(5-2)6-3/h8-9,11-12,16H,4-7,10,13-15H2,1-3H3,(H,21,24). The van der Waals surface area contributed by atoms with E-state index in [1.54, 1.807) is 0 Å². The van der Waals surface area contributed by atoms with Crippen molar-refractivity contribution in [2.45, 2.75) is 65.8 Å². The molecule has 4 nitrogen and oxygen atoms in total. The van der Waals surface area contributed by atoms with E-state index in [9.17, 15) is 4.79 Å². The minimum atomic E-state index is 0.152. The highest BCUT2D eigenvalue weighted by Crippen LogP contribution is 2.18. The maximum Gasteiger partial charge on any atom is 0.223 e. The van der Waals surface area contributed by atoms with E-state index in [-0.39, 0.29) is 11.8 Å². The summed E-state index contributed by atoms with van der Waals surface area (Å²) in [4.78, 5) is 16.8. The molecular weight excluding hydrogens is 298 g/mol. The van der Waals surface area contributed by atoms with Gasteiger partial charge < -0.3 is 9.88 Å². The van der Waals surface area contributed by atoms with Crippen LogP contribution in [0.1, 0.15) is 58.7 Å². The predicted octanol–water partition coefficient (Wildman–Crippen LogP) is 4.32. The van der Waals surface area contributed by atoms with E-state index in [2.05, 4.69) is 48.9 Å². The molecule has 4 heteroatoms. The van der Waals surface area contributed by atoms with Gasteiger partial charge in [-0.1, -0.05) is 39.3 Å². The Labute approximate surface area is 145 Å². The van der Waals surface area contributed by atoms with Gasteiger partial charge in [-0.15, -0.1) is 0 Å². The number of imidazole rings is 1. The molecular formula is C20H31N3O. The fraction of sp³-hybridized carbons (Fsp3) is 0.600. The molecule has 0 bridgehead atoms. The van der Waals surface area contributed by atoms with Crippen LogP contribution in [0, 0.1) is 5.92 Å². The topological polar surface area (TPSA) is 46.9 Å². The number of aromatic nitrogens is 2. The molecule has 1 aromatic carbocycles. The third-order valence-corrected chi connectivity index (χ3v) is 4.70. The SMILES string of the molecule is CCCCn1c(CCCNC(=O)C(CC)CC)nc2ccccc21. The molecule has 132 valence electrons. The van der Waals surface area contributed by atoms with E-state index >= 15 is 0 Å². The fourth-order valence-electron chi connectivity index (χ4n) is 3.14. The molecule has 2 aromatic rings. The molecule has 1 aromatic heterocycles. The van der Waals surface area contributed by atoms with Crippen LogP contribution in [0.2, 0.25) is 0 Å². The Morgan fingerprint density at radius 1 is 1.17 bits per heavy atom. The van der Waals surface area contributed by atoms with Crippen LogP contribution in [0.5, 0.6) is 0 Å². The van der Waals surface area contributed by atoms with Crippen molar-refractivity contribution in [1.82, 2.24) is 14.9 Å². The molecule has 0 aliphatic carbocycles. The van der Waals surface area contributed by atoms with Gasteiger partial charge in [-0.3, -0.25) is 4.79 Å². The van der Waals surface area contributed by atoms with E-state index in [0.717, 1.165) is 50.1 Å². The summed E-state index contributed by atoms with van der Waals surface area (Å²) < 4.78 is 2.35. The quantitative estimate of drug-likeness (QED) is 0.660. The minimum absolute atomic E-state index is 0.152. The number of hydrogen-bond donors (Lipinski definition) is 1. The van der Waals surface area contributed by atoms with Gasteiger partial charge in [0.15, 0.2) is 0 Å². The van der Waals surface area contributed by atoms with Gasteiger partial charge in [0, 0.05) is 25.4 Å². The highest BCUT2D eigenvalue weighted by Gasteiger charge is 2.14. The van der Waals surface area contributed by atoms with Crippen LogP contribution in [-0.2, 0) is 17.8 Å². The maximum atomic E-state index is 12.0. The Kier molecular flexibility index (Phi) is 7.29. The van der Waals surface area contributed by atoms with E-state index in [4.69, 9.17) is 4.98 Å². The van der Waals surface area contributed by atoms with Crippen LogP contribution < -0.4 is 5.32 Å². The number of hydrogen-bond acceptors (Lipinski definition) is 2. The average Bonchev–Trinajstić information content (AvgIpc) is 2.95. The molecule has 2 rings (SSSR count). The van der Waals surface area contributed by atoms with E-state index in [1.165, 1.54) is 18.4 Å². The monoisotopic (exact) mass is 329 g/mol. The average molecular weight is 329 g/mol. The van der Waals surface area contributed by atoms with Crippen LogP contribution >= 0.6 is 0 Å². The molecule has 0 aliphatic rings.